The van der Waals surface area contributed by atoms with Gasteiger partial charge in [-0.05, 0) is 48.2 Å². The first kappa shape index (κ1) is 19.0. The standard InChI is InChI=1S/C21H23N3O2S/c1-3-5-19(25)24-21-23-17-11-8-15(12-18(17)27-21)13-20(26)22-16-9-6-14(4-2)7-10-16/h6-12H,3-5,13H2,1-2H3,(H,22,26)(H,23,24,25). The first-order valence-corrected chi connectivity index (χ1v) is 9.97. The molecule has 0 saturated carbocycles. The molecule has 5 nitrogen and oxygen atoms in total. The molecule has 2 aromatic carbocycles. The number of amides is 2. The number of aryl methyl sites for hydroxylation is 1. The molecule has 0 bridgehead atoms. The molecule has 6 heteroatoms. The van der Waals surface area contributed by atoms with Crippen LogP contribution >= 0.6 is 11.3 Å². The lowest BCUT2D eigenvalue weighted by Crippen LogP contribution is -2.14. The molecule has 0 aliphatic heterocycles. The predicted octanol–water partition coefficient (Wildman–Crippen LogP) is 4.78. The number of nitrogens with zero attached hydrogens (tertiary/aromatic N) is 1. The average Bonchev–Trinajstić information content (AvgIpc) is 3.03. The molecule has 27 heavy (non-hydrogen) atoms. The minimum atomic E-state index is -0.0559. The number of fused-ring (bicyclic) bond motifs is 1. The number of thiazole rings is 1. The van der Waals surface area contributed by atoms with Crippen LogP contribution in [0.2, 0.25) is 0 Å². The Bertz CT molecular complexity index is 948. The largest absolute Gasteiger partial charge is 0.326 e. The Labute approximate surface area is 162 Å². The summed E-state index contributed by atoms with van der Waals surface area (Å²) in [5.74, 6) is -0.0789. The Balaban J connectivity index is 1.65. The Morgan fingerprint density at radius 3 is 2.41 bits per heavy atom. The minimum Gasteiger partial charge on any atom is -0.326 e. The number of carbonyl (C=O) groups is 2. The van der Waals surface area contributed by atoms with Crippen LogP contribution in [0.4, 0.5) is 10.8 Å². The SMILES string of the molecule is CCCC(=O)Nc1nc2ccc(CC(=O)Nc3ccc(CC)cc3)cc2s1. The summed E-state index contributed by atoms with van der Waals surface area (Å²) in [5.41, 5.74) is 3.79. The van der Waals surface area contributed by atoms with E-state index in [0.717, 1.165) is 34.3 Å². The van der Waals surface area contributed by atoms with Gasteiger partial charge in [-0.25, -0.2) is 4.98 Å². The fourth-order valence-corrected chi connectivity index (χ4v) is 3.70. The second kappa shape index (κ2) is 8.77. The van der Waals surface area contributed by atoms with Crippen molar-refractivity contribution in [2.75, 3.05) is 10.6 Å². The summed E-state index contributed by atoms with van der Waals surface area (Å²) in [4.78, 5) is 28.5. The number of hydrogen-bond acceptors (Lipinski definition) is 4. The average molecular weight is 382 g/mol. The van der Waals surface area contributed by atoms with Gasteiger partial charge in [-0.2, -0.15) is 0 Å². The fourth-order valence-electron chi connectivity index (χ4n) is 2.76. The van der Waals surface area contributed by atoms with Crippen LogP contribution < -0.4 is 10.6 Å². The first-order valence-electron chi connectivity index (χ1n) is 9.15. The highest BCUT2D eigenvalue weighted by molar-refractivity contribution is 7.22. The van der Waals surface area contributed by atoms with E-state index in [-0.39, 0.29) is 11.8 Å². The smallest absolute Gasteiger partial charge is 0.228 e. The highest BCUT2D eigenvalue weighted by Gasteiger charge is 2.10. The van der Waals surface area contributed by atoms with E-state index in [0.29, 0.717) is 18.0 Å². The molecule has 0 fully saturated rings. The topological polar surface area (TPSA) is 71.1 Å². The molecular weight excluding hydrogens is 358 g/mol. The van der Waals surface area contributed by atoms with Gasteiger partial charge in [0.2, 0.25) is 11.8 Å². The lowest BCUT2D eigenvalue weighted by Gasteiger charge is -2.06. The van der Waals surface area contributed by atoms with Gasteiger partial charge in [0, 0.05) is 12.1 Å². The van der Waals surface area contributed by atoms with E-state index in [1.165, 1.54) is 16.9 Å². The van der Waals surface area contributed by atoms with Gasteiger partial charge in [-0.1, -0.05) is 43.4 Å². The van der Waals surface area contributed by atoms with Gasteiger partial charge in [0.05, 0.1) is 16.6 Å². The molecule has 0 saturated heterocycles. The van der Waals surface area contributed by atoms with Gasteiger partial charge in [-0.15, -0.1) is 0 Å². The quantitative estimate of drug-likeness (QED) is 0.619. The number of benzene rings is 2. The summed E-state index contributed by atoms with van der Waals surface area (Å²) in [7, 11) is 0. The molecule has 0 unspecified atom stereocenters. The van der Waals surface area contributed by atoms with Gasteiger partial charge in [-0.3, -0.25) is 9.59 Å². The number of hydrogen-bond donors (Lipinski definition) is 2. The van der Waals surface area contributed by atoms with Crippen LogP contribution in [0.25, 0.3) is 10.2 Å². The molecule has 140 valence electrons. The second-order valence-electron chi connectivity index (χ2n) is 6.39. The van der Waals surface area contributed by atoms with Crippen LogP contribution in [-0.4, -0.2) is 16.8 Å². The van der Waals surface area contributed by atoms with Crippen molar-refractivity contribution in [3.05, 3.63) is 53.6 Å². The summed E-state index contributed by atoms with van der Waals surface area (Å²) in [6.07, 6.45) is 2.56. The van der Waals surface area contributed by atoms with E-state index in [4.69, 9.17) is 0 Å². The zero-order valence-electron chi connectivity index (χ0n) is 15.5. The summed E-state index contributed by atoms with van der Waals surface area (Å²) in [6, 6.07) is 13.6. The van der Waals surface area contributed by atoms with Crippen molar-refractivity contribution in [2.45, 2.75) is 39.5 Å². The van der Waals surface area contributed by atoms with Crippen molar-refractivity contribution in [2.24, 2.45) is 0 Å². The molecule has 0 radical (unpaired) electrons. The Hall–Kier alpha value is -2.73. The Kier molecular flexibility index (Phi) is 6.19. The summed E-state index contributed by atoms with van der Waals surface area (Å²) < 4.78 is 0.958. The van der Waals surface area contributed by atoms with Gasteiger partial charge < -0.3 is 10.6 Å². The van der Waals surface area contributed by atoms with Crippen molar-refractivity contribution in [1.82, 2.24) is 4.98 Å². The zero-order chi connectivity index (χ0) is 19.2. The molecule has 0 atom stereocenters. The third-order valence-corrected chi connectivity index (χ3v) is 5.12. The maximum Gasteiger partial charge on any atom is 0.228 e. The van der Waals surface area contributed by atoms with E-state index in [2.05, 4.69) is 22.5 Å². The van der Waals surface area contributed by atoms with Gasteiger partial charge in [0.15, 0.2) is 5.13 Å². The number of carbonyl (C=O) groups excluding carboxylic acids is 2. The van der Waals surface area contributed by atoms with Crippen LogP contribution in [0, 0.1) is 0 Å². The van der Waals surface area contributed by atoms with Gasteiger partial charge in [0.1, 0.15) is 0 Å². The molecule has 1 heterocycles. The summed E-state index contributed by atoms with van der Waals surface area (Å²) in [5, 5.41) is 6.35. The fraction of sp³-hybridized carbons (Fsp3) is 0.286. The number of aromatic nitrogens is 1. The van der Waals surface area contributed by atoms with E-state index < -0.39 is 0 Å². The normalized spacial score (nSPS) is 10.7. The molecule has 2 amide bonds. The molecule has 0 aliphatic carbocycles. The summed E-state index contributed by atoms with van der Waals surface area (Å²) >= 11 is 1.43. The molecule has 3 aromatic rings. The molecule has 2 N–H and O–H groups in total. The van der Waals surface area contributed by atoms with Crippen LogP contribution in [0.3, 0.4) is 0 Å². The monoisotopic (exact) mass is 381 g/mol. The second-order valence-corrected chi connectivity index (χ2v) is 7.43. The van der Waals surface area contributed by atoms with E-state index >= 15 is 0 Å². The van der Waals surface area contributed by atoms with E-state index in [1.54, 1.807) is 0 Å². The number of anilines is 2. The van der Waals surface area contributed by atoms with Crippen molar-refractivity contribution in [3.63, 3.8) is 0 Å². The van der Waals surface area contributed by atoms with Gasteiger partial charge >= 0.3 is 0 Å². The van der Waals surface area contributed by atoms with Crippen molar-refractivity contribution >= 4 is 44.2 Å². The van der Waals surface area contributed by atoms with E-state index in [9.17, 15) is 9.59 Å². The maximum atomic E-state index is 12.3. The van der Waals surface area contributed by atoms with E-state index in [1.807, 2.05) is 49.4 Å². The third kappa shape index (κ3) is 5.14. The molecular formula is C21H23N3O2S. The molecule has 0 aliphatic rings. The van der Waals surface area contributed by atoms with Crippen molar-refractivity contribution < 1.29 is 9.59 Å². The highest BCUT2D eigenvalue weighted by atomic mass is 32.1. The minimum absolute atomic E-state index is 0.0229. The lowest BCUT2D eigenvalue weighted by atomic mass is 10.1. The molecule has 1 aromatic heterocycles. The third-order valence-electron chi connectivity index (χ3n) is 4.19. The van der Waals surface area contributed by atoms with Gasteiger partial charge in [0.25, 0.3) is 0 Å². The molecule has 3 rings (SSSR count). The lowest BCUT2D eigenvalue weighted by molar-refractivity contribution is -0.116. The summed E-state index contributed by atoms with van der Waals surface area (Å²) in [6.45, 7) is 4.07. The van der Waals surface area contributed by atoms with Crippen LogP contribution in [0.1, 0.15) is 37.8 Å². The van der Waals surface area contributed by atoms with Crippen molar-refractivity contribution in [1.29, 1.82) is 0 Å². The van der Waals surface area contributed by atoms with Crippen LogP contribution in [-0.2, 0) is 22.4 Å². The number of rotatable bonds is 7. The van der Waals surface area contributed by atoms with Crippen LogP contribution in [0.15, 0.2) is 42.5 Å². The van der Waals surface area contributed by atoms with Crippen molar-refractivity contribution in [3.8, 4) is 0 Å². The highest BCUT2D eigenvalue weighted by Crippen LogP contribution is 2.27. The Morgan fingerprint density at radius 2 is 1.70 bits per heavy atom. The number of nitrogens with one attached hydrogen (secondary N) is 2. The van der Waals surface area contributed by atoms with Crippen LogP contribution in [0.5, 0.6) is 0 Å². The predicted molar refractivity (Wildman–Crippen MR) is 111 cm³/mol. The zero-order valence-corrected chi connectivity index (χ0v) is 16.4. The Morgan fingerprint density at radius 1 is 0.963 bits per heavy atom. The molecule has 0 spiro atoms. The first-order chi connectivity index (χ1) is 13.1. The maximum absolute atomic E-state index is 12.3.